The van der Waals surface area contributed by atoms with Crippen molar-refractivity contribution in [1.82, 2.24) is 0 Å². The molecule has 0 saturated heterocycles. The van der Waals surface area contributed by atoms with Gasteiger partial charge in [0.15, 0.2) is 11.3 Å². The van der Waals surface area contributed by atoms with E-state index in [0.717, 1.165) is 0 Å². The summed E-state index contributed by atoms with van der Waals surface area (Å²) < 4.78 is 4.63. The average Bonchev–Trinajstić information content (AvgIpc) is 2.28. The van der Waals surface area contributed by atoms with Crippen molar-refractivity contribution in [2.45, 2.75) is 19.4 Å². The normalized spacial score (nSPS) is 13.7. The molecule has 0 fully saturated rings. The number of nitrogens with one attached hydrogen (secondary N) is 1. The van der Waals surface area contributed by atoms with Crippen LogP contribution in [-0.2, 0) is 14.3 Å². The Kier molecular flexibility index (Phi) is 3.66. The third kappa shape index (κ3) is 2.39. The maximum atomic E-state index is 11.6. The fourth-order valence-electron chi connectivity index (χ4n) is 1.30. The van der Waals surface area contributed by atoms with Gasteiger partial charge >= 0.3 is 5.97 Å². The SMILES string of the molecule is COC(=O)C(C)(Nc1ccccc1)C(C)=O. The van der Waals surface area contributed by atoms with Crippen molar-refractivity contribution in [1.29, 1.82) is 0 Å². The predicted octanol–water partition coefficient (Wildman–Crippen LogP) is 1.62. The second kappa shape index (κ2) is 4.79. The van der Waals surface area contributed by atoms with Gasteiger partial charge in [0, 0.05) is 5.69 Å². The van der Waals surface area contributed by atoms with E-state index in [0.29, 0.717) is 5.69 Å². The number of ether oxygens (including phenoxy) is 1. The zero-order chi connectivity index (χ0) is 12.2. The summed E-state index contributed by atoms with van der Waals surface area (Å²) in [4.78, 5) is 23.1. The van der Waals surface area contributed by atoms with E-state index in [2.05, 4.69) is 10.1 Å². The molecule has 16 heavy (non-hydrogen) atoms. The van der Waals surface area contributed by atoms with Crippen LogP contribution in [0.4, 0.5) is 5.69 Å². The van der Waals surface area contributed by atoms with Gasteiger partial charge in [-0.3, -0.25) is 4.79 Å². The van der Waals surface area contributed by atoms with Crippen molar-refractivity contribution >= 4 is 17.4 Å². The lowest BCUT2D eigenvalue weighted by molar-refractivity contribution is -0.148. The highest BCUT2D eigenvalue weighted by Gasteiger charge is 2.39. The molecule has 1 aromatic carbocycles. The summed E-state index contributed by atoms with van der Waals surface area (Å²) >= 11 is 0. The van der Waals surface area contributed by atoms with Crippen molar-refractivity contribution in [3.05, 3.63) is 30.3 Å². The minimum atomic E-state index is -1.34. The van der Waals surface area contributed by atoms with E-state index in [1.165, 1.54) is 21.0 Å². The highest BCUT2D eigenvalue weighted by atomic mass is 16.5. The molecule has 1 unspecified atom stereocenters. The number of ketones is 1. The lowest BCUT2D eigenvalue weighted by Crippen LogP contribution is -2.50. The number of Topliss-reactive ketones (excluding diaryl/α,β-unsaturated/α-hetero) is 1. The monoisotopic (exact) mass is 221 g/mol. The van der Waals surface area contributed by atoms with Crippen LogP contribution >= 0.6 is 0 Å². The summed E-state index contributed by atoms with van der Waals surface area (Å²) in [7, 11) is 1.26. The van der Waals surface area contributed by atoms with E-state index in [9.17, 15) is 9.59 Å². The Balaban J connectivity index is 2.97. The van der Waals surface area contributed by atoms with Crippen molar-refractivity contribution < 1.29 is 14.3 Å². The van der Waals surface area contributed by atoms with E-state index >= 15 is 0 Å². The van der Waals surface area contributed by atoms with Gasteiger partial charge in [0.25, 0.3) is 0 Å². The minimum Gasteiger partial charge on any atom is -0.467 e. The number of esters is 1. The maximum absolute atomic E-state index is 11.6. The van der Waals surface area contributed by atoms with Gasteiger partial charge < -0.3 is 10.1 Å². The molecule has 0 aliphatic carbocycles. The first-order chi connectivity index (χ1) is 7.50. The first kappa shape index (κ1) is 12.2. The standard InChI is InChI=1S/C12H15NO3/c1-9(14)12(2,11(15)16-3)13-10-7-5-4-6-8-10/h4-8,13H,1-3H3. The van der Waals surface area contributed by atoms with E-state index in [1.807, 2.05) is 18.2 Å². The van der Waals surface area contributed by atoms with Crippen LogP contribution in [0.15, 0.2) is 30.3 Å². The number of rotatable bonds is 4. The third-order valence-electron chi connectivity index (χ3n) is 2.47. The summed E-state index contributed by atoms with van der Waals surface area (Å²) in [6.07, 6.45) is 0. The molecule has 0 spiro atoms. The molecule has 86 valence electrons. The Hall–Kier alpha value is -1.84. The highest BCUT2D eigenvalue weighted by Crippen LogP contribution is 2.17. The summed E-state index contributed by atoms with van der Waals surface area (Å²) in [5, 5.41) is 2.88. The van der Waals surface area contributed by atoms with Crippen LogP contribution in [-0.4, -0.2) is 24.4 Å². The van der Waals surface area contributed by atoms with Gasteiger partial charge in [-0.05, 0) is 26.0 Å². The predicted molar refractivity (Wildman–Crippen MR) is 61.2 cm³/mol. The zero-order valence-corrected chi connectivity index (χ0v) is 9.61. The molecular weight excluding hydrogens is 206 g/mol. The molecule has 0 heterocycles. The Morgan fingerprint density at radius 1 is 1.25 bits per heavy atom. The van der Waals surface area contributed by atoms with Gasteiger partial charge in [-0.1, -0.05) is 18.2 Å². The average molecular weight is 221 g/mol. The van der Waals surface area contributed by atoms with Gasteiger partial charge in [0.2, 0.25) is 0 Å². The van der Waals surface area contributed by atoms with Crippen LogP contribution in [0, 0.1) is 0 Å². The lowest BCUT2D eigenvalue weighted by atomic mass is 9.97. The first-order valence-electron chi connectivity index (χ1n) is 4.93. The van der Waals surface area contributed by atoms with E-state index in [-0.39, 0.29) is 5.78 Å². The lowest BCUT2D eigenvalue weighted by Gasteiger charge is -2.26. The number of hydrogen-bond donors (Lipinski definition) is 1. The zero-order valence-electron chi connectivity index (χ0n) is 9.61. The third-order valence-corrected chi connectivity index (χ3v) is 2.47. The molecule has 0 aliphatic rings. The molecule has 0 aliphatic heterocycles. The van der Waals surface area contributed by atoms with Crippen molar-refractivity contribution in [3.8, 4) is 0 Å². The fraction of sp³-hybridized carbons (Fsp3) is 0.333. The first-order valence-corrected chi connectivity index (χ1v) is 4.93. The van der Waals surface area contributed by atoms with Gasteiger partial charge in [0.1, 0.15) is 0 Å². The molecule has 0 saturated carbocycles. The summed E-state index contributed by atoms with van der Waals surface area (Å²) in [6.45, 7) is 2.86. The Bertz CT molecular complexity index is 389. The number of carbonyl (C=O) groups excluding carboxylic acids is 2. The summed E-state index contributed by atoms with van der Waals surface area (Å²) in [5.74, 6) is -0.882. The minimum absolute atomic E-state index is 0.289. The maximum Gasteiger partial charge on any atom is 0.339 e. The Morgan fingerprint density at radius 2 is 1.81 bits per heavy atom. The van der Waals surface area contributed by atoms with Crippen molar-refractivity contribution in [2.75, 3.05) is 12.4 Å². The topological polar surface area (TPSA) is 55.4 Å². The molecule has 1 atom stereocenters. The largest absolute Gasteiger partial charge is 0.467 e. The van der Waals surface area contributed by atoms with Crippen LogP contribution < -0.4 is 5.32 Å². The second-order valence-electron chi connectivity index (χ2n) is 3.66. The number of benzene rings is 1. The van der Waals surface area contributed by atoms with E-state index in [1.54, 1.807) is 12.1 Å². The molecule has 0 amide bonds. The fourth-order valence-corrected chi connectivity index (χ4v) is 1.30. The van der Waals surface area contributed by atoms with Gasteiger partial charge in [-0.15, -0.1) is 0 Å². The van der Waals surface area contributed by atoms with Gasteiger partial charge in [-0.25, -0.2) is 4.79 Å². The van der Waals surface area contributed by atoms with Crippen LogP contribution in [0.1, 0.15) is 13.8 Å². The second-order valence-corrected chi connectivity index (χ2v) is 3.66. The molecule has 0 radical (unpaired) electrons. The van der Waals surface area contributed by atoms with Crippen LogP contribution in [0.3, 0.4) is 0 Å². The Morgan fingerprint density at radius 3 is 2.25 bits per heavy atom. The smallest absolute Gasteiger partial charge is 0.339 e. The number of para-hydroxylation sites is 1. The molecule has 0 aromatic heterocycles. The van der Waals surface area contributed by atoms with E-state index in [4.69, 9.17) is 0 Å². The number of hydrogen-bond acceptors (Lipinski definition) is 4. The van der Waals surface area contributed by atoms with Gasteiger partial charge in [0.05, 0.1) is 7.11 Å². The van der Waals surface area contributed by atoms with Crippen molar-refractivity contribution in [2.24, 2.45) is 0 Å². The number of carbonyl (C=O) groups is 2. The Labute approximate surface area is 94.6 Å². The number of methoxy groups -OCH3 is 1. The van der Waals surface area contributed by atoms with Crippen LogP contribution in [0.5, 0.6) is 0 Å². The molecule has 0 bridgehead atoms. The quantitative estimate of drug-likeness (QED) is 0.620. The van der Waals surface area contributed by atoms with Crippen molar-refractivity contribution in [3.63, 3.8) is 0 Å². The van der Waals surface area contributed by atoms with Gasteiger partial charge in [-0.2, -0.15) is 0 Å². The van der Waals surface area contributed by atoms with Crippen LogP contribution in [0.2, 0.25) is 0 Å². The summed E-state index contributed by atoms with van der Waals surface area (Å²) in [5.41, 5.74) is -0.638. The molecule has 1 rings (SSSR count). The molecular formula is C12H15NO3. The summed E-state index contributed by atoms with van der Waals surface area (Å²) in [6, 6.07) is 9.06. The number of anilines is 1. The molecule has 4 heteroatoms. The highest BCUT2D eigenvalue weighted by molar-refractivity contribution is 6.09. The van der Waals surface area contributed by atoms with E-state index < -0.39 is 11.5 Å². The molecule has 1 aromatic rings. The van der Waals surface area contributed by atoms with Crippen LogP contribution in [0.25, 0.3) is 0 Å². The molecule has 1 N–H and O–H groups in total. The molecule has 4 nitrogen and oxygen atoms in total.